The molecule has 0 aliphatic rings. The molecule has 0 bridgehead atoms. The van der Waals surface area contributed by atoms with Crippen LogP contribution >= 0.6 is 45.7 Å². The number of halogens is 1. The van der Waals surface area contributed by atoms with Crippen molar-refractivity contribution in [2.24, 2.45) is 5.10 Å². The highest BCUT2D eigenvalue weighted by molar-refractivity contribution is 14.1. The normalized spacial score (nSPS) is 11.0. The summed E-state index contributed by atoms with van der Waals surface area (Å²) in [6.45, 7) is 0.500. The molecule has 0 spiro atoms. The number of nitrogens with one attached hydrogen (secondary N) is 2. The summed E-state index contributed by atoms with van der Waals surface area (Å²) in [6.07, 6.45) is 1.63. The predicted octanol–water partition coefficient (Wildman–Crippen LogP) is 4.79. The van der Waals surface area contributed by atoms with Crippen LogP contribution in [-0.4, -0.2) is 32.6 Å². The average molecular weight is 574 g/mol. The van der Waals surface area contributed by atoms with Crippen molar-refractivity contribution in [3.63, 3.8) is 0 Å². The molecule has 32 heavy (non-hydrogen) atoms. The molecular weight excluding hydrogens is 555 g/mol. The molecular formula is C22H19IN6OS2. The number of amides is 1. The highest BCUT2D eigenvalue weighted by Gasteiger charge is 2.15. The highest BCUT2D eigenvalue weighted by atomic mass is 127. The number of hydrogen-bond donors (Lipinski definition) is 2. The van der Waals surface area contributed by atoms with Crippen LogP contribution in [-0.2, 0) is 11.3 Å². The minimum Gasteiger partial charge on any atom is -0.378 e. The van der Waals surface area contributed by atoms with Gasteiger partial charge in [-0.2, -0.15) is 5.10 Å². The topological polar surface area (TPSA) is 84.2 Å². The van der Waals surface area contributed by atoms with Gasteiger partial charge in [0.15, 0.2) is 11.0 Å². The second kappa shape index (κ2) is 11.2. The zero-order valence-corrected chi connectivity index (χ0v) is 20.6. The van der Waals surface area contributed by atoms with E-state index in [1.807, 2.05) is 76.7 Å². The van der Waals surface area contributed by atoms with Gasteiger partial charge >= 0.3 is 0 Å². The molecule has 0 fully saturated rings. The smallest absolute Gasteiger partial charge is 0.250 e. The number of thiophene rings is 1. The molecule has 10 heteroatoms. The Hall–Kier alpha value is -2.70. The third-order valence-corrected chi connectivity index (χ3v) is 6.72. The van der Waals surface area contributed by atoms with Crippen LogP contribution in [0.2, 0.25) is 0 Å². The number of para-hydroxylation sites is 1. The van der Waals surface area contributed by atoms with Crippen LogP contribution in [0.3, 0.4) is 0 Å². The Labute approximate surface area is 207 Å². The molecule has 0 radical (unpaired) electrons. The number of thioether (sulfide) groups is 1. The molecule has 2 N–H and O–H groups in total. The number of anilines is 1. The van der Waals surface area contributed by atoms with E-state index >= 15 is 0 Å². The highest BCUT2D eigenvalue weighted by Crippen LogP contribution is 2.23. The van der Waals surface area contributed by atoms with Crippen molar-refractivity contribution in [1.82, 2.24) is 20.2 Å². The van der Waals surface area contributed by atoms with Crippen molar-refractivity contribution < 1.29 is 4.79 Å². The number of hydrogen-bond acceptors (Lipinski definition) is 7. The standard InChI is InChI=1S/C22H19IN6OS2/c23-16-8-10-17(11-9-16)24-14-20-26-28-22(29(20)18-5-2-1-3-6-18)32-15-21(30)27-25-13-19-7-4-12-31-19/h1-13,24H,14-15H2,(H,27,30). The first-order valence-electron chi connectivity index (χ1n) is 9.66. The lowest BCUT2D eigenvalue weighted by Crippen LogP contribution is -2.20. The molecule has 2 aromatic carbocycles. The molecule has 0 saturated carbocycles. The summed E-state index contributed by atoms with van der Waals surface area (Å²) in [5, 5.41) is 18.7. The van der Waals surface area contributed by atoms with Crippen LogP contribution in [0.1, 0.15) is 10.7 Å². The van der Waals surface area contributed by atoms with Crippen LogP contribution in [0.5, 0.6) is 0 Å². The molecule has 0 aliphatic heterocycles. The second-order valence-electron chi connectivity index (χ2n) is 6.53. The zero-order chi connectivity index (χ0) is 22.2. The summed E-state index contributed by atoms with van der Waals surface area (Å²) >= 11 is 5.16. The van der Waals surface area contributed by atoms with Gasteiger partial charge in [-0.25, -0.2) is 5.43 Å². The number of nitrogens with zero attached hydrogens (tertiary/aromatic N) is 4. The Morgan fingerprint density at radius 2 is 1.91 bits per heavy atom. The van der Waals surface area contributed by atoms with Crippen LogP contribution in [0.25, 0.3) is 5.69 Å². The Kier molecular flexibility index (Phi) is 7.91. The van der Waals surface area contributed by atoms with Gasteiger partial charge in [-0.15, -0.1) is 21.5 Å². The summed E-state index contributed by atoms with van der Waals surface area (Å²) in [6, 6.07) is 21.9. The fourth-order valence-corrected chi connectivity index (χ4v) is 4.50. The minimum atomic E-state index is -0.205. The Bertz CT molecular complexity index is 1180. The fraction of sp³-hybridized carbons (Fsp3) is 0.0909. The first-order chi connectivity index (χ1) is 15.7. The van der Waals surface area contributed by atoms with E-state index in [1.165, 1.54) is 15.3 Å². The quantitative estimate of drug-likeness (QED) is 0.130. The van der Waals surface area contributed by atoms with Crippen molar-refractivity contribution >= 4 is 63.5 Å². The van der Waals surface area contributed by atoms with Crippen LogP contribution in [0, 0.1) is 3.57 Å². The van der Waals surface area contributed by atoms with Gasteiger partial charge in [0, 0.05) is 19.8 Å². The molecule has 2 aromatic heterocycles. The van der Waals surface area contributed by atoms with Crippen molar-refractivity contribution in [2.45, 2.75) is 11.7 Å². The van der Waals surface area contributed by atoms with Gasteiger partial charge in [0.2, 0.25) is 0 Å². The fourth-order valence-electron chi connectivity index (χ4n) is 2.79. The lowest BCUT2D eigenvalue weighted by atomic mass is 10.3. The first-order valence-corrected chi connectivity index (χ1v) is 12.6. The number of carbonyl (C=O) groups is 1. The van der Waals surface area contributed by atoms with Gasteiger partial charge in [-0.3, -0.25) is 9.36 Å². The Balaban J connectivity index is 1.44. The van der Waals surface area contributed by atoms with Crippen LogP contribution in [0.15, 0.2) is 82.4 Å². The third-order valence-electron chi connectivity index (χ3n) is 4.27. The van der Waals surface area contributed by atoms with Crippen molar-refractivity contribution in [1.29, 1.82) is 0 Å². The van der Waals surface area contributed by atoms with Crippen LogP contribution < -0.4 is 10.7 Å². The molecule has 162 valence electrons. The van der Waals surface area contributed by atoms with E-state index in [1.54, 1.807) is 17.6 Å². The van der Waals surface area contributed by atoms with Gasteiger partial charge in [0.1, 0.15) is 0 Å². The van der Waals surface area contributed by atoms with E-state index in [0.717, 1.165) is 22.1 Å². The number of rotatable bonds is 9. The van der Waals surface area contributed by atoms with Crippen molar-refractivity contribution in [2.75, 3.05) is 11.1 Å². The Morgan fingerprint density at radius 3 is 2.66 bits per heavy atom. The lowest BCUT2D eigenvalue weighted by molar-refractivity contribution is -0.118. The third kappa shape index (κ3) is 6.17. The molecule has 4 aromatic rings. The molecule has 0 atom stereocenters. The molecule has 1 amide bonds. The van der Waals surface area contributed by atoms with Gasteiger partial charge in [-0.1, -0.05) is 36.0 Å². The maximum atomic E-state index is 12.2. The van der Waals surface area contributed by atoms with Crippen molar-refractivity contribution in [3.05, 3.63) is 86.4 Å². The Morgan fingerprint density at radius 1 is 1.09 bits per heavy atom. The molecule has 0 unspecified atom stereocenters. The summed E-state index contributed by atoms with van der Waals surface area (Å²) in [7, 11) is 0. The lowest BCUT2D eigenvalue weighted by Gasteiger charge is -2.11. The monoisotopic (exact) mass is 574 g/mol. The first kappa shape index (κ1) is 22.5. The largest absolute Gasteiger partial charge is 0.378 e. The number of hydrazone groups is 1. The summed E-state index contributed by atoms with van der Waals surface area (Å²) < 4.78 is 3.14. The predicted molar refractivity (Wildman–Crippen MR) is 139 cm³/mol. The van der Waals surface area contributed by atoms with Gasteiger partial charge < -0.3 is 5.32 Å². The maximum absolute atomic E-state index is 12.2. The van der Waals surface area contributed by atoms with E-state index in [4.69, 9.17) is 0 Å². The molecule has 4 rings (SSSR count). The van der Waals surface area contributed by atoms with E-state index in [2.05, 4.69) is 48.6 Å². The summed E-state index contributed by atoms with van der Waals surface area (Å²) in [5.74, 6) is 0.731. The summed E-state index contributed by atoms with van der Waals surface area (Å²) in [4.78, 5) is 13.2. The second-order valence-corrected chi connectivity index (χ2v) is 9.69. The molecule has 7 nitrogen and oxygen atoms in total. The van der Waals surface area contributed by atoms with Gasteiger partial charge in [-0.05, 0) is 70.4 Å². The average Bonchev–Trinajstić information content (AvgIpc) is 3.48. The molecule has 0 aliphatic carbocycles. The van der Waals surface area contributed by atoms with Crippen LogP contribution in [0.4, 0.5) is 5.69 Å². The van der Waals surface area contributed by atoms with E-state index in [0.29, 0.717) is 11.7 Å². The number of carbonyl (C=O) groups excluding carboxylic acids is 1. The number of benzene rings is 2. The SMILES string of the molecule is O=C(CSc1nnc(CNc2ccc(I)cc2)n1-c1ccccc1)NN=Cc1cccs1. The minimum absolute atomic E-state index is 0.178. The van der Waals surface area contributed by atoms with E-state index in [-0.39, 0.29) is 11.7 Å². The number of aromatic nitrogens is 3. The molecule has 2 heterocycles. The molecule has 0 saturated heterocycles. The van der Waals surface area contributed by atoms with Gasteiger partial charge in [0.25, 0.3) is 5.91 Å². The zero-order valence-electron chi connectivity index (χ0n) is 16.8. The summed E-state index contributed by atoms with van der Waals surface area (Å²) in [5.41, 5.74) is 4.50. The van der Waals surface area contributed by atoms with Crippen molar-refractivity contribution in [3.8, 4) is 5.69 Å². The van der Waals surface area contributed by atoms with E-state index < -0.39 is 0 Å². The maximum Gasteiger partial charge on any atom is 0.250 e. The van der Waals surface area contributed by atoms with Gasteiger partial charge in [0.05, 0.1) is 18.5 Å². The van der Waals surface area contributed by atoms with E-state index in [9.17, 15) is 4.79 Å².